The van der Waals surface area contributed by atoms with Crippen LogP contribution in [0.1, 0.15) is 26.7 Å². The van der Waals surface area contributed by atoms with E-state index in [0.717, 1.165) is 22.2 Å². The lowest BCUT2D eigenvalue weighted by Crippen LogP contribution is -2.16. The fourth-order valence-electron chi connectivity index (χ4n) is 3.51. The van der Waals surface area contributed by atoms with Crippen LogP contribution in [0.5, 0.6) is 0 Å². The molecule has 0 bridgehead atoms. The number of Topliss-reactive ketones (excluding diaryl/α,β-unsaturated/α-hetero) is 1. The first-order chi connectivity index (χ1) is 15.1. The molecule has 0 spiro atoms. The minimum atomic E-state index is -0.778. The second-order valence-corrected chi connectivity index (χ2v) is 7.02. The third-order valence-electron chi connectivity index (χ3n) is 4.99. The Morgan fingerprint density at radius 1 is 1.03 bits per heavy atom. The minimum Gasteiger partial charge on any atom is -0.451 e. The molecule has 0 saturated heterocycles. The number of nitrogens with zero attached hydrogens (tertiary/aromatic N) is 4. The van der Waals surface area contributed by atoms with Crippen molar-refractivity contribution in [1.29, 1.82) is 0 Å². The first-order valence-electron chi connectivity index (χ1n) is 9.66. The predicted molar refractivity (Wildman–Crippen MR) is 114 cm³/mol. The van der Waals surface area contributed by atoms with Gasteiger partial charge in [-0.25, -0.2) is 14.3 Å². The molecule has 0 unspecified atom stereocenters. The van der Waals surface area contributed by atoms with E-state index in [1.807, 2.05) is 61.5 Å². The first kappa shape index (κ1) is 18.7. The maximum absolute atomic E-state index is 13.1. The van der Waals surface area contributed by atoms with Crippen molar-refractivity contribution in [3.05, 3.63) is 83.9 Å². The van der Waals surface area contributed by atoms with E-state index in [-0.39, 0.29) is 11.6 Å². The Morgan fingerprint density at radius 2 is 1.81 bits per heavy atom. The maximum atomic E-state index is 13.1. The zero-order chi connectivity index (χ0) is 21.4. The third kappa shape index (κ3) is 3.33. The summed E-state index contributed by atoms with van der Waals surface area (Å²) in [5.41, 5.74) is 3.65. The molecule has 0 radical (unpaired) electrons. The highest BCUT2D eigenvalue weighted by atomic mass is 16.5. The van der Waals surface area contributed by atoms with Crippen LogP contribution in [0.15, 0.2) is 66.9 Å². The third-order valence-corrected chi connectivity index (χ3v) is 4.99. The van der Waals surface area contributed by atoms with Crippen LogP contribution in [0.4, 0.5) is 0 Å². The molecule has 0 aliphatic rings. The smallest absolute Gasteiger partial charge is 0.378 e. The van der Waals surface area contributed by atoms with Gasteiger partial charge in [-0.1, -0.05) is 48.5 Å². The Balaban J connectivity index is 1.44. The summed E-state index contributed by atoms with van der Waals surface area (Å²) in [6, 6.07) is 18.8. The molecule has 0 atom stereocenters. The molecule has 8 nitrogen and oxygen atoms in total. The van der Waals surface area contributed by atoms with Crippen molar-refractivity contribution in [2.24, 2.45) is 0 Å². The van der Waals surface area contributed by atoms with Crippen molar-refractivity contribution < 1.29 is 14.3 Å². The number of fused-ring (bicyclic) bond motifs is 2. The quantitative estimate of drug-likeness (QED) is 0.350. The number of ketones is 1. The SMILES string of the molecule is Cc1ccnc2nc(C(=O)OCC(=O)c3c(-c4ccccc4)[nH]c4ccccc34)nn12. The van der Waals surface area contributed by atoms with Crippen molar-refractivity contribution in [3.63, 3.8) is 0 Å². The van der Waals surface area contributed by atoms with Crippen molar-refractivity contribution in [3.8, 4) is 11.3 Å². The van der Waals surface area contributed by atoms with Gasteiger partial charge in [-0.2, -0.15) is 4.98 Å². The van der Waals surface area contributed by atoms with Crippen molar-refractivity contribution in [2.45, 2.75) is 6.92 Å². The van der Waals surface area contributed by atoms with Crippen LogP contribution >= 0.6 is 0 Å². The zero-order valence-corrected chi connectivity index (χ0v) is 16.6. The number of H-pyrrole nitrogens is 1. The van der Waals surface area contributed by atoms with Gasteiger partial charge in [0.1, 0.15) is 0 Å². The summed E-state index contributed by atoms with van der Waals surface area (Å²) in [4.78, 5) is 37.0. The lowest BCUT2D eigenvalue weighted by atomic mass is 10.0. The van der Waals surface area contributed by atoms with E-state index in [1.54, 1.807) is 12.3 Å². The Labute approximate surface area is 176 Å². The molecule has 0 amide bonds. The minimum absolute atomic E-state index is 0.142. The van der Waals surface area contributed by atoms with Crippen LogP contribution in [-0.2, 0) is 4.74 Å². The number of hydrogen-bond acceptors (Lipinski definition) is 6. The number of para-hydroxylation sites is 1. The van der Waals surface area contributed by atoms with E-state index in [9.17, 15) is 9.59 Å². The molecule has 31 heavy (non-hydrogen) atoms. The fraction of sp³-hybridized carbons (Fsp3) is 0.0870. The Hall–Kier alpha value is -4.33. The number of rotatable bonds is 5. The molecule has 1 N–H and O–H groups in total. The highest BCUT2D eigenvalue weighted by molar-refractivity contribution is 6.14. The van der Waals surface area contributed by atoms with E-state index in [0.29, 0.717) is 17.0 Å². The molecular weight excluding hydrogens is 394 g/mol. The predicted octanol–water partition coefficient (Wildman–Crippen LogP) is 3.62. The number of aromatic nitrogens is 5. The normalized spacial score (nSPS) is 11.1. The Kier molecular flexibility index (Phi) is 4.51. The van der Waals surface area contributed by atoms with Crippen molar-refractivity contribution >= 4 is 28.4 Å². The average molecular weight is 411 g/mol. The molecule has 0 aliphatic carbocycles. The number of carbonyl (C=O) groups is 2. The molecule has 5 aromatic rings. The highest BCUT2D eigenvalue weighted by Gasteiger charge is 2.22. The Bertz CT molecular complexity index is 1440. The molecule has 152 valence electrons. The second-order valence-electron chi connectivity index (χ2n) is 7.02. The number of hydrogen-bond donors (Lipinski definition) is 1. The van der Waals surface area contributed by atoms with Crippen molar-refractivity contribution in [1.82, 2.24) is 24.6 Å². The van der Waals surface area contributed by atoms with Crippen LogP contribution in [0, 0.1) is 6.92 Å². The van der Waals surface area contributed by atoms with Gasteiger partial charge in [-0.05, 0) is 24.6 Å². The van der Waals surface area contributed by atoms with Crippen LogP contribution in [0.2, 0.25) is 0 Å². The van der Waals surface area contributed by atoms with E-state index in [1.165, 1.54) is 4.52 Å². The van der Waals surface area contributed by atoms with Crippen LogP contribution in [0.3, 0.4) is 0 Å². The van der Waals surface area contributed by atoms with Gasteiger partial charge >= 0.3 is 5.97 Å². The summed E-state index contributed by atoms with van der Waals surface area (Å²) in [5.74, 6) is -0.944. The monoisotopic (exact) mass is 411 g/mol. The number of ether oxygens (including phenoxy) is 1. The molecule has 5 rings (SSSR count). The van der Waals surface area contributed by atoms with Crippen LogP contribution in [-0.4, -0.2) is 42.9 Å². The molecule has 0 saturated carbocycles. The highest BCUT2D eigenvalue weighted by Crippen LogP contribution is 2.30. The largest absolute Gasteiger partial charge is 0.451 e. The summed E-state index contributed by atoms with van der Waals surface area (Å²) in [6.07, 6.45) is 1.58. The van der Waals surface area contributed by atoms with Crippen LogP contribution < -0.4 is 0 Å². The summed E-state index contributed by atoms with van der Waals surface area (Å²) >= 11 is 0. The lowest BCUT2D eigenvalue weighted by molar-refractivity contribution is 0.0463. The number of benzene rings is 2. The van der Waals surface area contributed by atoms with Gasteiger partial charge in [0, 0.05) is 22.8 Å². The van der Waals surface area contributed by atoms with Gasteiger partial charge in [-0.3, -0.25) is 4.79 Å². The zero-order valence-electron chi connectivity index (χ0n) is 16.6. The molecule has 3 heterocycles. The summed E-state index contributed by atoms with van der Waals surface area (Å²) in [7, 11) is 0. The van der Waals surface area contributed by atoms with E-state index in [2.05, 4.69) is 20.1 Å². The summed E-state index contributed by atoms with van der Waals surface area (Å²) < 4.78 is 6.70. The molecule has 8 heteroatoms. The van der Waals surface area contributed by atoms with Gasteiger partial charge in [0.25, 0.3) is 11.6 Å². The van der Waals surface area contributed by atoms with Gasteiger partial charge in [-0.15, -0.1) is 5.10 Å². The number of aromatic amines is 1. The number of nitrogens with one attached hydrogen (secondary N) is 1. The van der Waals surface area contributed by atoms with Gasteiger partial charge in [0.05, 0.1) is 11.3 Å². The van der Waals surface area contributed by atoms with Crippen LogP contribution in [0.25, 0.3) is 27.9 Å². The molecule has 2 aromatic carbocycles. The standard InChI is InChI=1S/C23H17N5O3/c1-14-11-12-24-23-26-21(27-28(14)23)22(30)31-13-18(29)19-16-9-5-6-10-17(16)25-20(19)15-7-3-2-4-8-15/h2-12,25H,13H2,1H3. The average Bonchev–Trinajstić information content (AvgIpc) is 3.41. The van der Waals surface area contributed by atoms with E-state index in [4.69, 9.17) is 4.74 Å². The molecule has 3 aromatic heterocycles. The first-order valence-corrected chi connectivity index (χ1v) is 9.66. The molecular formula is C23H17N5O3. The van der Waals surface area contributed by atoms with E-state index >= 15 is 0 Å². The number of aryl methyl sites for hydroxylation is 1. The number of carbonyl (C=O) groups excluding carboxylic acids is 2. The maximum Gasteiger partial charge on any atom is 0.378 e. The lowest BCUT2D eigenvalue weighted by Gasteiger charge is -2.05. The molecule has 0 fully saturated rings. The summed E-state index contributed by atoms with van der Waals surface area (Å²) in [6.45, 7) is 1.40. The second kappa shape index (κ2) is 7.49. The number of esters is 1. The van der Waals surface area contributed by atoms with Gasteiger partial charge in [0.2, 0.25) is 5.78 Å². The van der Waals surface area contributed by atoms with Crippen molar-refractivity contribution in [2.75, 3.05) is 6.61 Å². The van der Waals surface area contributed by atoms with Gasteiger partial charge in [0.15, 0.2) is 6.61 Å². The fourth-order valence-corrected chi connectivity index (χ4v) is 3.51. The molecule has 0 aliphatic heterocycles. The summed E-state index contributed by atoms with van der Waals surface area (Å²) in [5, 5.41) is 4.89. The van der Waals surface area contributed by atoms with E-state index < -0.39 is 12.6 Å². The van der Waals surface area contributed by atoms with Gasteiger partial charge < -0.3 is 9.72 Å². The Morgan fingerprint density at radius 3 is 2.61 bits per heavy atom. The topological polar surface area (TPSA) is 102 Å².